The Morgan fingerprint density at radius 1 is 1.29 bits per heavy atom. The molecular weight excluding hydrogens is 330 g/mol. The molecule has 0 bridgehead atoms. The van der Waals surface area contributed by atoms with Crippen molar-refractivity contribution < 1.29 is 27.2 Å². The van der Waals surface area contributed by atoms with Crippen molar-refractivity contribution in [3.8, 4) is 0 Å². The number of benzene rings is 1. The predicted octanol–water partition coefficient (Wildman–Crippen LogP) is 2.96. The lowest BCUT2D eigenvalue weighted by Crippen LogP contribution is -2.50. The summed E-state index contributed by atoms with van der Waals surface area (Å²) in [6.07, 6.45) is -3.60. The lowest BCUT2D eigenvalue weighted by molar-refractivity contribution is -0.137. The van der Waals surface area contributed by atoms with E-state index in [9.17, 15) is 27.2 Å². The van der Waals surface area contributed by atoms with E-state index in [4.69, 9.17) is 5.73 Å². The standard InChI is InChI=1S/C15H17F4N3O2/c1-8-2-3-9(13(20)23)7-22(8)14(24)21-12-6-10(15(17,18)19)4-5-11(12)16/h4-6,8-9H,2-3,7H2,1H3,(H2,20,23)(H,21,24)/t8-,9-/m1/s1. The third kappa shape index (κ3) is 3.95. The van der Waals surface area contributed by atoms with Crippen molar-refractivity contribution in [1.29, 1.82) is 0 Å². The molecular formula is C15H17F4N3O2. The van der Waals surface area contributed by atoms with Gasteiger partial charge in [-0.25, -0.2) is 9.18 Å². The summed E-state index contributed by atoms with van der Waals surface area (Å²) >= 11 is 0. The third-order valence-corrected chi connectivity index (χ3v) is 4.08. The lowest BCUT2D eigenvalue weighted by Gasteiger charge is -2.36. The molecule has 3 N–H and O–H groups in total. The number of rotatable bonds is 2. The molecule has 0 unspecified atom stereocenters. The van der Waals surface area contributed by atoms with Crippen molar-refractivity contribution in [3.63, 3.8) is 0 Å². The molecule has 1 aromatic rings. The number of likely N-dealkylation sites (tertiary alicyclic amines) is 1. The zero-order chi connectivity index (χ0) is 18.1. The van der Waals surface area contributed by atoms with Gasteiger partial charge in [0.2, 0.25) is 5.91 Å². The molecule has 0 radical (unpaired) electrons. The molecule has 5 nitrogen and oxygen atoms in total. The molecule has 0 aromatic heterocycles. The number of primary amides is 1. The second kappa shape index (κ2) is 6.66. The predicted molar refractivity (Wildman–Crippen MR) is 78.5 cm³/mol. The van der Waals surface area contributed by atoms with E-state index in [1.54, 1.807) is 6.92 Å². The molecule has 1 aliphatic heterocycles. The fourth-order valence-corrected chi connectivity index (χ4v) is 2.61. The molecule has 3 amide bonds. The number of carbonyl (C=O) groups is 2. The Morgan fingerprint density at radius 3 is 2.54 bits per heavy atom. The summed E-state index contributed by atoms with van der Waals surface area (Å²) in [4.78, 5) is 24.8. The van der Waals surface area contributed by atoms with Crippen LogP contribution in [-0.2, 0) is 11.0 Å². The monoisotopic (exact) mass is 347 g/mol. The van der Waals surface area contributed by atoms with Crippen LogP contribution in [0, 0.1) is 11.7 Å². The number of hydrogen-bond acceptors (Lipinski definition) is 2. The highest BCUT2D eigenvalue weighted by molar-refractivity contribution is 5.90. The van der Waals surface area contributed by atoms with Crippen molar-refractivity contribution in [2.45, 2.75) is 32.0 Å². The number of urea groups is 1. The number of alkyl halides is 3. The van der Waals surface area contributed by atoms with E-state index in [2.05, 4.69) is 5.32 Å². The first-order valence-corrected chi connectivity index (χ1v) is 7.33. The van der Waals surface area contributed by atoms with Gasteiger partial charge < -0.3 is 16.0 Å². The highest BCUT2D eigenvalue weighted by Crippen LogP contribution is 2.32. The average molecular weight is 347 g/mol. The molecule has 1 fully saturated rings. The van der Waals surface area contributed by atoms with Crippen molar-refractivity contribution in [2.24, 2.45) is 11.7 Å². The number of hydrogen-bond donors (Lipinski definition) is 2. The van der Waals surface area contributed by atoms with Crippen LogP contribution in [0.25, 0.3) is 0 Å². The Balaban J connectivity index is 2.18. The van der Waals surface area contributed by atoms with E-state index >= 15 is 0 Å². The second-order valence-corrected chi connectivity index (χ2v) is 5.80. The number of amides is 3. The first kappa shape index (κ1) is 18.0. The van der Waals surface area contributed by atoms with E-state index in [0.717, 1.165) is 0 Å². The molecule has 1 aromatic carbocycles. The molecule has 2 rings (SSSR count). The van der Waals surface area contributed by atoms with Gasteiger partial charge in [0, 0.05) is 12.6 Å². The van der Waals surface area contributed by atoms with Crippen LogP contribution in [-0.4, -0.2) is 29.4 Å². The number of nitrogens with one attached hydrogen (secondary N) is 1. The van der Waals surface area contributed by atoms with Crippen molar-refractivity contribution in [2.75, 3.05) is 11.9 Å². The topological polar surface area (TPSA) is 75.4 Å². The molecule has 9 heteroatoms. The minimum atomic E-state index is -4.65. The molecule has 0 aliphatic carbocycles. The van der Waals surface area contributed by atoms with Crippen LogP contribution in [0.4, 0.5) is 28.0 Å². The molecule has 2 atom stereocenters. The van der Waals surface area contributed by atoms with E-state index in [-0.39, 0.29) is 12.6 Å². The summed E-state index contributed by atoms with van der Waals surface area (Å²) in [5.74, 6) is -2.06. The van der Waals surface area contributed by atoms with Crippen molar-refractivity contribution in [3.05, 3.63) is 29.6 Å². The van der Waals surface area contributed by atoms with E-state index in [1.165, 1.54) is 4.90 Å². The van der Waals surface area contributed by atoms with Crippen LogP contribution in [0.5, 0.6) is 0 Å². The summed E-state index contributed by atoms with van der Waals surface area (Å²) in [5, 5.41) is 2.14. The second-order valence-electron chi connectivity index (χ2n) is 5.80. The quantitative estimate of drug-likeness (QED) is 0.807. The number of anilines is 1. The van der Waals surface area contributed by atoms with Crippen LogP contribution in [0.15, 0.2) is 18.2 Å². The number of halogens is 4. The Bertz CT molecular complexity index is 648. The SMILES string of the molecule is C[C@@H]1CC[C@@H](C(N)=O)CN1C(=O)Nc1cc(C(F)(F)F)ccc1F. The lowest BCUT2D eigenvalue weighted by atomic mass is 9.93. The van der Waals surface area contributed by atoms with Gasteiger partial charge in [-0.3, -0.25) is 4.79 Å². The smallest absolute Gasteiger partial charge is 0.369 e. The maximum atomic E-state index is 13.7. The zero-order valence-electron chi connectivity index (χ0n) is 12.9. The van der Waals surface area contributed by atoms with Crippen LogP contribution < -0.4 is 11.1 Å². The van der Waals surface area contributed by atoms with Gasteiger partial charge in [-0.05, 0) is 38.0 Å². The van der Waals surface area contributed by atoms with Crippen LogP contribution in [0.2, 0.25) is 0 Å². The van der Waals surface area contributed by atoms with Gasteiger partial charge >= 0.3 is 12.2 Å². The highest BCUT2D eigenvalue weighted by Gasteiger charge is 2.33. The Labute approximate surface area is 135 Å². The van der Waals surface area contributed by atoms with Gasteiger partial charge in [-0.2, -0.15) is 13.2 Å². The molecule has 132 valence electrons. The van der Waals surface area contributed by atoms with Gasteiger partial charge in [0.15, 0.2) is 0 Å². The normalized spacial score (nSPS) is 21.5. The molecule has 24 heavy (non-hydrogen) atoms. The van der Waals surface area contributed by atoms with Gasteiger partial charge in [0.1, 0.15) is 5.82 Å². The number of piperidine rings is 1. The van der Waals surface area contributed by atoms with E-state index in [1.807, 2.05) is 0 Å². The Hall–Kier alpha value is -2.32. The van der Waals surface area contributed by atoms with Crippen LogP contribution >= 0.6 is 0 Å². The first-order valence-electron chi connectivity index (χ1n) is 7.33. The van der Waals surface area contributed by atoms with Gasteiger partial charge in [0.05, 0.1) is 17.2 Å². The van der Waals surface area contributed by atoms with Gasteiger partial charge in [0.25, 0.3) is 0 Å². The van der Waals surface area contributed by atoms with E-state index < -0.39 is 41.1 Å². The molecule has 1 heterocycles. The summed E-state index contributed by atoms with van der Waals surface area (Å²) in [5.41, 5.74) is 3.60. The fraction of sp³-hybridized carbons (Fsp3) is 0.467. The summed E-state index contributed by atoms with van der Waals surface area (Å²) in [6.45, 7) is 1.78. The van der Waals surface area contributed by atoms with Crippen molar-refractivity contribution >= 4 is 17.6 Å². The number of carbonyl (C=O) groups excluding carboxylic acids is 2. The largest absolute Gasteiger partial charge is 0.416 e. The highest BCUT2D eigenvalue weighted by atomic mass is 19.4. The van der Waals surface area contributed by atoms with Crippen LogP contribution in [0.3, 0.4) is 0 Å². The summed E-state index contributed by atoms with van der Waals surface area (Å²) in [7, 11) is 0. The fourth-order valence-electron chi connectivity index (χ4n) is 2.61. The maximum absolute atomic E-state index is 13.7. The Kier molecular flexibility index (Phi) is 5.00. The Morgan fingerprint density at radius 2 is 1.96 bits per heavy atom. The zero-order valence-corrected chi connectivity index (χ0v) is 12.9. The summed E-state index contributed by atoms with van der Waals surface area (Å²) in [6, 6.07) is 0.760. The molecule has 0 saturated carbocycles. The molecule has 0 spiro atoms. The minimum absolute atomic E-state index is 0.0446. The van der Waals surface area contributed by atoms with Crippen LogP contribution in [0.1, 0.15) is 25.3 Å². The third-order valence-electron chi connectivity index (χ3n) is 4.08. The summed E-state index contributed by atoms with van der Waals surface area (Å²) < 4.78 is 51.8. The average Bonchev–Trinajstić information content (AvgIpc) is 2.48. The van der Waals surface area contributed by atoms with Gasteiger partial charge in [-0.15, -0.1) is 0 Å². The minimum Gasteiger partial charge on any atom is -0.369 e. The molecule has 1 aliphatic rings. The van der Waals surface area contributed by atoms with Gasteiger partial charge in [-0.1, -0.05) is 0 Å². The first-order chi connectivity index (χ1) is 11.1. The van der Waals surface area contributed by atoms with E-state index in [0.29, 0.717) is 31.0 Å². The molecule has 1 saturated heterocycles. The number of nitrogens with zero attached hydrogens (tertiary/aromatic N) is 1. The maximum Gasteiger partial charge on any atom is 0.416 e. The van der Waals surface area contributed by atoms with Crippen molar-refractivity contribution in [1.82, 2.24) is 4.90 Å². The number of nitrogens with two attached hydrogens (primary N) is 1.